The number of halogens is 3. The monoisotopic (exact) mass is 414 g/mol. The molecule has 0 saturated carbocycles. The molecule has 0 saturated heterocycles. The number of nitrogens with zero attached hydrogens (tertiary/aromatic N) is 2. The van der Waals surface area contributed by atoms with E-state index in [0.29, 0.717) is 12.2 Å². The molecule has 0 bridgehead atoms. The van der Waals surface area contributed by atoms with Gasteiger partial charge in [-0.25, -0.2) is 4.68 Å². The second-order valence-electron chi connectivity index (χ2n) is 7.23. The fourth-order valence-electron chi connectivity index (χ4n) is 2.97. The summed E-state index contributed by atoms with van der Waals surface area (Å²) in [5.74, 6) is -0.813. The molecule has 7 nitrogen and oxygen atoms in total. The first kappa shape index (κ1) is 22.8. The number of likely N-dealkylation sites (N-methyl/N-ethyl adjacent to an activating group) is 1. The molecule has 0 aliphatic rings. The Morgan fingerprint density at radius 3 is 2.41 bits per heavy atom. The number of rotatable bonds is 7. The van der Waals surface area contributed by atoms with E-state index in [1.165, 1.54) is 6.92 Å². The minimum atomic E-state index is -4.54. The molecule has 1 aromatic heterocycles. The van der Waals surface area contributed by atoms with Gasteiger partial charge in [0.25, 0.3) is 5.56 Å². The van der Waals surface area contributed by atoms with Crippen molar-refractivity contribution in [3.63, 3.8) is 0 Å². The average molecular weight is 414 g/mol. The van der Waals surface area contributed by atoms with Crippen molar-refractivity contribution in [2.45, 2.75) is 51.6 Å². The maximum Gasteiger partial charge on any atom is 0.416 e. The highest BCUT2D eigenvalue weighted by Gasteiger charge is 2.31. The summed E-state index contributed by atoms with van der Waals surface area (Å²) in [6.07, 6.45) is -5.36. The van der Waals surface area contributed by atoms with E-state index in [0.717, 1.165) is 22.9 Å². The predicted molar refractivity (Wildman–Crippen MR) is 103 cm³/mol. The quantitative estimate of drug-likeness (QED) is 0.640. The zero-order valence-electron chi connectivity index (χ0n) is 16.7. The Balaban J connectivity index is 2.46. The van der Waals surface area contributed by atoms with Crippen molar-refractivity contribution in [3.05, 3.63) is 39.8 Å². The lowest BCUT2D eigenvalue weighted by atomic mass is 10.0. The summed E-state index contributed by atoms with van der Waals surface area (Å²) in [6.45, 7) is 4.92. The number of carbonyl (C=O) groups excluding carboxylic acids is 1. The Kier molecular flexibility index (Phi) is 7.02. The average Bonchev–Trinajstić information content (AvgIpc) is 2.62. The Labute approximate surface area is 165 Å². The number of hydrogen-bond acceptors (Lipinski definition) is 5. The van der Waals surface area contributed by atoms with Crippen molar-refractivity contribution >= 4 is 16.7 Å². The number of aliphatic hydroxyl groups excluding tert-OH is 1. The van der Waals surface area contributed by atoms with Crippen LogP contribution in [0.2, 0.25) is 0 Å². The Hall–Kier alpha value is -2.46. The van der Waals surface area contributed by atoms with Crippen LogP contribution in [0.25, 0.3) is 10.8 Å². The van der Waals surface area contributed by atoms with Gasteiger partial charge in [-0.2, -0.15) is 18.3 Å². The second-order valence-corrected chi connectivity index (χ2v) is 7.23. The van der Waals surface area contributed by atoms with Crippen LogP contribution in [0.4, 0.5) is 13.2 Å². The minimum absolute atomic E-state index is 0.0619. The number of alkyl halides is 3. The lowest BCUT2D eigenvalue weighted by Crippen LogP contribution is -2.49. The lowest BCUT2D eigenvalue weighted by Gasteiger charge is -2.21. The molecule has 0 aliphatic heterocycles. The first-order valence-corrected chi connectivity index (χ1v) is 9.19. The van der Waals surface area contributed by atoms with Crippen LogP contribution < -0.4 is 16.2 Å². The van der Waals surface area contributed by atoms with E-state index < -0.39 is 41.9 Å². The molecule has 2 atom stereocenters. The summed E-state index contributed by atoms with van der Waals surface area (Å²) in [6, 6.07) is 2.30. The van der Waals surface area contributed by atoms with Crippen LogP contribution in [0.1, 0.15) is 37.9 Å². The number of aromatic nitrogens is 2. The highest BCUT2D eigenvalue weighted by Crippen LogP contribution is 2.32. The fourth-order valence-corrected chi connectivity index (χ4v) is 2.97. The summed E-state index contributed by atoms with van der Waals surface area (Å²) >= 11 is 0. The molecule has 0 spiro atoms. The van der Waals surface area contributed by atoms with Gasteiger partial charge in [-0.1, -0.05) is 13.8 Å². The summed E-state index contributed by atoms with van der Waals surface area (Å²) in [5.41, 5.74) is -1.23. The molecule has 3 N–H and O–H groups in total. The predicted octanol–water partition coefficient (Wildman–Crippen LogP) is 1.62. The molecule has 10 heteroatoms. The van der Waals surface area contributed by atoms with Gasteiger partial charge in [0.2, 0.25) is 5.91 Å². The highest BCUT2D eigenvalue weighted by molar-refractivity contribution is 5.85. The van der Waals surface area contributed by atoms with E-state index in [4.69, 9.17) is 0 Å². The van der Waals surface area contributed by atoms with Gasteiger partial charge in [0.05, 0.1) is 28.8 Å². The number of carbonyl (C=O) groups is 1. The summed E-state index contributed by atoms with van der Waals surface area (Å²) in [7, 11) is 1.67. The van der Waals surface area contributed by atoms with Crippen molar-refractivity contribution in [3.8, 4) is 0 Å². The number of hydrogen-bond donors (Lipinski definition) is 3. The van der Waals surface area contributed by atoms with Gasteiger partial charge in [-0.05, 0) is 38.1 Å². The van der Waals surface area contributed by atoms with Crippen molar-refractivity contribution in [2.24, 2.45) is 0 Å². The summed E-state index contributed by atoms with van der Waals surface area (Å²) in [4.78, 5) is 25.1. The molecule has 2 rings (SSSR count). The first-order valence-electron chi connectivity index (χ1n) is 9.19. The number of fused-ring (bicyclic) bond motifs is 1. The third-order valence-corrected chi connectivity index (χ3v) is 4.51. The Morgan fingerprint density at radius 1 is 1.24 bits per heavy atom. The van der Waals surface area contributed by atoms with Crippen LogP contribution in [-0.4, -0.2) is 46.5 Å². The second kappa shape index (κ2) is 8.91. The van der Waals surface area contributed by atoms with Crippen molar-refractivity contribution < 1.29 is 23.1 Å². The van der Waals surface area contributed by atoms with Crippen LogP contribution >= 0.6 is 0 Å². The van der Waals surface area contributed by atoms with Gasteiger partial charge in [0.15, 0.2) is 0 Å². The molecular weight excluding hydrogens is 389 g/mol. The van der Waals surface area contributed by atoms with Gasteiger partial charge in [0, 0.05) is 11.9 Å². The molecule has 29 heavy (non-hydrogen) atoms. The molecular formula is C19H25F3N4O3. The topological polar surface area (TPSA) is 96.2 Å². The van der Waals surface area contributed by atoms with Gasteiger partial charge < -0.3 is 15.7 Å². The van der Waals surface area contributed by atoms with Gasteiger partial charge >= 0.3 is 6.18 Å². The number of nitrogens with one attached hydrogen (secondary N) is 2. The van der Waals surface area contributed by atoms with Crippen LogP contribution in [0.3, 0.4) is 0 Å². The van der Waals surface area contributed by atoms with Crippen molar-refractivity contribution in [1.29, 1.82) is 0 Å². The molecule has 0 fully saturated rings. The number of aliphatic hydroxyl groups is 1. The van der Waals surface area contributed by atoms with Crippen LogP contribution in [0.15, 0.2) is 23.0 Å². The molecule has 1 aromatic carbocycles. The third-order valence-electron chi connectivity index (χ3n) is 4.51. The Morgan fingerprint density at radius 2 is 1.90 bits per heavy atom. The first-order chi connectivity index (χ1) is 13.5. The molecule has 2 unspecified atom stereocenters. The normalized spacial score (nSPS) is 14.2. The SMILES string of the molecule is CNCC(NC(=O)Cn1nc(C(C)C)c2cc(C(F)(F)F)ccc2c1=O)C(C)O. The molecule has 1 heterocycles. The molecule has 0 aliphatic carbocycles. The molecule has 0 radical (unpaired) electrons. The lowest BCUT2D eigenvalue weighted by molar-refractivity contribution is -0.137. The zero-order valence-corrected chi connectivity index (χ0v) is 16.7. The standard InChI is InChI=1S/C19H25F3N4O3/c1-10(2)17-14-7-12(19(20,21)22)5-6-13(14)18(29)26(25-17)9-16(28)24-15(8-23-4)11(3)27/h5-7,10-11,15,23,27H,8-9H2,1-4H3,(H,24,28). The van der Waals surface area contributed by atoms with Crippen LogP contribution in [-0.2, 0) is 17.5 Å². The molecule has 2 aromatic rings. The van der Waals surface area contributed by atoms with Crippen LogP contribution in [0, 0.1) is 0 Å². The number of amides is 1. The zero-order chi connectivity index (χ0) is 21.9. The van der Waals surface area contributed by atoms with E-state index in [1.54, 1.807) is 20.9 Å². The van der Waals surface area contributed by atoms with E-state index in [9.17, 15) is 27.9 Å². The molecule has 1 amide bonds. The van der Waals surface area contributed by atoms with Crippen molar-refractivity contribution in [2.75, 3.05) is 13.6 Å². The van der Waals surface area contributed by atoms with Gasteiger partial charge in [0.1, 0.15) is 6.54 Å². The van der Waals surface area contributed by atoms with E-state index >= 15 is 0 Å². The van der Waals surface area contributed by atoms with E-state index in [2.05, 4.69) is 15.7 Å². The number of benzene rings is 1. The third kappa shape index (κ3) is 5.33. The fraction of sp³-hybridized carbons (Fsp3) is 0.526. The smallest absolute Gasteiger partial charge is 0.391 e. The van der Waals surface area contributed by atoms with E-state index in [1.807, 2.05) is 0 Å². The maximum atomic E-state index is 13.1. The highest BCUT2D eigenvalue weighted by atomic mass is 19.4. The largest absolute Gasteiger partial charge is 0.416 e. The Bertz CT molecular complexity index is 939. The van der Waals surface area contributed by atoms with Crippen molar-refractivity contribution in [1.82, 2.24) is 20.4 Å². The summed E-state index contributed by atoms with van der Waals surface area (Å²) < 4.78 is 40.1. The van der Waals surface area contributed by atoms with Crippen LogP contribution in [0.5, 0.6) is 0 Å². The maximum absolute atomic E-state index is 13.1. The van der Waals surface area contributed by atoms with Gasteiger partial charge in [-0.15, -0.1) is 0 Å². The van der Waals surface area contributed by atoms with Gasteiger partial charge in [-0.3, -0.25) is 9.59 Å². The minimum Gasteiger partial charge on any atom is -0.391 e. The molecule has 160 valence electrons. The van der Waals surface area contributed by atoms with E-state index in [-0.39, 0.29) is 16.7 Å². The summed E-state index contributed by atoms with van der Waals surface area (Å²) in [5, 5.41) is 19.5.